The molecule has 10 heteroatoms. The normalized spacial score (nSPS) is 10.7. The third-order valence-corrected chi connectivity index (χ3v) is 5.12. The number of hydrogen-bond donors (Lipinski definition) is 0. The van der Waals surface area contributed by atoms with Crippen molar-refractivity contribution in [2.45, 2.75) is 6.42 Å². The number of esters is 2. The van der Waals surface area contributed by atoms with E-state index in [1.165, 1.54) is 24.3 Å². The summed E-state index contributed by atoms with van der Waals surface area (Å²) >= 11 is 0. The Kier molecular flexibility index (Phi) is 8.77. The molecule has 3 aromatic rings. The molecule has 39 heavy (non-hydrogen) atoms. The van der Waals surface area contributed by atoms with E-state index in [-0.39, 0.29) is 17.7 Å². The van der Waals surface area contributed by atoms with E-state index < -0.39 is 57.7 Å². The SMILES string of the molecule is C=C(/C=C(/F)C(=C)C#N)OC(=O)c1ccc(Cc2ccc(C(=O)Oc3ccc(C#N)c(F)c3)c(F)c2)cc1F. The van der Waals surface area contributed by atoms with Crippen molar-refractivity contribution in [2.24, 2.45) is 0 Å². The van der Waals surface area contributed by atoms with Gasteiger partial charge in [-0.05, 0) is 53.9 Å². The van der Waals surface area contributed by atoms with Gasteiger partial charge < -0.3 is 9.47 Å². The third kappa shape index (κ3) is 7.06. The van der Waals surface area contributed by atoms with Gasteiger partial charge in [0.05, 0.1) is 22.3 Å². The first-order valence-corrected chi connectivity index (χ1v) is 10.9. The van der Waals surface area contributed by atoms with Crippen molar-refractivity contribution in [1.82, 2.24) is 0 Å². The molecular formula is C29H16F4N2O4. The van der Waals surface area contributed by atoms with E-state index in [0.717, 1.165) is 36.4 Å². The van der Waals surface area contributed by atoms with Crippen molar-refractivity contribution >= 4 is 11.9 Å². The van der Waals surface area contributed by atoms with Crippen molar-refractivity contribution in [3.8, 4) is 17.9 Å². The van der Waals surface area contributed by atoms with E-state index in [1.54, 1.807) is 6.07 Å². The van der Waals surface area contributed by atoms with Crippen LogP contribution in [0.1, 0.15) is 37.4 Å². The number of halogens is 4. The topological polar surface area (TPSA) is 100 Å². The Bertz CT molecular complexity index is 1630. The summed E-state index contributed by atoms with van der Waals surface area (Å²) < 4.78 is 66.3. The highest BCUT2D eigenvalue weighted by atomic mass is 19.1. The Morgan fingerprint density at radius 3 is 1.95 bits per heavy atom. The van der Waals surface area contributed by atoms with E-state index in [1.807, 2.05) is 0 Å². The molecule has 0 radical (unpaired) electrons. The molecule has 3 rings (SSSR count). The van der Waals surface area contributed by atoms with Crippen LogP contribution < -0.4 is 4.74 Å². The van der Waals surface area contributed by atoms with E-state index in [2.05, 4.69) is 13.2 Å². The van der Waals surface area contributed by atoms with E-state index >= 15 is 0 Å². The summed E-state index contributed by atoms with van der Waals surface area (Å²) in [6, 6.07) is 13.3. The second kappa shape index (κ2) is 12.2. The summed E-state index contributed by atoms with van der Waals surface area (Å²) in [5.74, 6) is -6.82. The molecule has 0 spiro atoms. The first kappa shape index (κ1) is 28.1. The molecule has 0 atom stereocenters. The number of rotatable bonds is 8. The minimum atomic E-state index is -1.16. The lowest BCUT2D eigenvalue weighted by molar-refractivity contribution is 0.0632. The van der Waals surface area contributed by atoms with Gasteiger partial charge in [-0.1, -0.05) is 25.3 Å². The zero-order valence-corrected chi connectivity index (χ0v) is 19.9. The van der Waals surface area contributed by atoms with Gasteiger partial charge >= 0.3 is 11.9 Å². The summed E-state index contributed by atoms with van der Waals surface area (Å²) in [4.78, 5) is 24.5. The molecule has 0 aliphatic carbocycles. The van der Waals surface area contributed by atoms with Gasteiger partial charge in [-0.15, -0.1) is 0 Å². The van der Waals surface area contributed by atoms with Gasteiger partial charge in [0.2, 0.25) is 0 Å². The van der Waals surface area contributed by atoms with Crippen LogP contribution in [-0.2, 0) is 11.2 Å². The average Bonchev–Trinajstić information content (AvgIpc) is 2.88. The highest BCUT2D eigenvalue weighted by molar-refractivity contribution is 5.91. The Morgan fingerprint density at radius 1 is 0.846 bits per heavy atom. The Labute approximate surface area is 219 Å². The predicted octanol–water partition coefficient (Wildman–Crippen LogP) is 6.39. The van der Waals surface area contributed by atoms with Crippen LogP contribution in [0.25, 0.3) is 0 Å². The molecule has 0 N–H and O–H groups in total. The molecule has 0 fully saturated rings. The van der Waals surface area contributed by atoms with E-state index in [9.17, 15) is 27.2 Å². The zero-order chi connectivity index (χ0) is 28.7. The fraction of sp³-hybridized carbons (Fsp3) is 0.0345. The monoisotopic (exact) mass is 532 g/mol. The number of hydrogen-bond acceptors (Lipinski definition) is 6. The smallest absolute Gasteiger partial charge is 0.346 e. The summed E-state index contributed by atoms with van der Waals surface area (Å²) in [6.07, 6.45) is 0.683. The molecule has 0 heterocycles. The van der Waals surface area contributed by atoms with Crippen LogP contribution in [-0.4, -0.2) is 11.9 Å². The van der Waals surface area contributed by atoms with Crippen LogP contribution in [0.5, 0.6) is 5.75 Å². The number of nitriles is 2. The van der Waals surface area contributed by atoms with E-state index in [4.69, 9.17) is 20.0 Å². The number of allylic oxidation sites excluding steroid dienone is 3. The molecule has 0 aromatic heterocycles. The summed E-state index contributed by atoms with van der Waals surface area (Å²) in [6.45, 7) is 6.46. The molecule has 0 bridgehead atoms. The highest BCUT2D eigenvalue weighted by Gasteiger charge is 2.18. The highest BCUT2D eigenvalue weighted by Crippen LogP contribution is 2.21. The second-order valence-electron chi connectivity index (χ2n) is 7.89. The Morgan fingerprint density at radius 2 is 1.44 bits per heavy atom. The van der Waals surface area contributed by atoms with Gasteiger partial charge in [0.15, 0.2) is 0 Å². The molecule has 3 aromatic carbocycles. The zero-order valence-electron chi connectivity index (χ0n) is 19.9. The van der Waals surface area contributed by atoms with Crippen LogP contribution in [0.4, 0.5) is 17.6 Å². The molecule has 6 nitrogen and oxygen atoms in total. The lowest BCUT2D eigenvalue weighted by Gasteiger charge is -2.09. The number of nitrogens with zero attached hydrogens (tertiary/aromatic N) is 2. The van der Waals surface area contributed by atoms with Gasteiger partial charge in [0, 0.05) is 12.1 Å². The number of carbonyl (C=O) groups excluding carboxylic acids is 2. The van der Waals surface area contributed by atoms with Crippen LogP contribution in [0.2, 0.25) is 0 Å². The quantitative estimate of drug-likeness (QED) is 0.0833. The maximum absolute atomic E-state index is 14.6. The maximum Gasteiger partial charge on any atom is 0.346 e. The summed E-state index contributed by atoms with van der Waals surface area (Å²) in [5.41, 5.74) is -0.959. The van der Waals surface area contributed by atoms with Crippen molar-refractivity contribution in [1.29, 1.82) is 10.5 Å². The third-order valence-electron chi connectivity index (χ3n) is 5.12. The number of benzene rings is 3. The number of ether oxygens (including phenoxy) is 2. The maximum atomic E-state index is 14.6. The van der Waals surface area contributed by atoms with Crippen molar-refractivity contribution in [3.05, 3.63) is 136 Å². The molecule has 0 amide bonds. The minimum Gasteiger partial charge on any atom is -0.423 e. The van der Waals surface area contributed by atoms with Crippen LogP contribution in [0.3, 0.4) is 0 Å². The molecular weight excluding hydrogens is 516 g/mol. The molecule has 0 saturated heterocycles. The van der Waals surface area contributed by atoms with Crippen LogP contribution >= 0.6 is 0 Å². The minimum absolute atomic E-state index is 0.0241. The first-order chi connectivity index (χ1) is 18.5. The van der Waals surface area contributed by atoms with E-state index in [0.29, 0.717) is 17.2 Å². The van der Waals surface area contributed by atoms with Gasteiger partial charge in [-0.3, -0.25) is 0 Å². The van der Waals surface area contributed by atoms with Gasteiger partial charge in [-0.2, -0.15) is 10.5 Å². The second-order valence-corrected chi connectivity index (χ2v) is 7.89. The largest absolute Gasteiger partial charge is 0.423 e. The summed E-state index contributed by atoms with van der Waals surface area (Å²) in [7, 11) is 0. The molecule has 0 aliphatic heterocycles. The van der Waals surface area contributed by atoms with Gasteiger partial charge in [0.25, 0.3) is 0 Å². The van der Waals surface area contributed by atoms with Crippen LogP contribution in [0, 0.1) is 40.1 Å². The lowest BCUT2D eigenvalue weighted by Crippen LogP contribution is -2.11. The number of carbonyl (C=O) groups is 2. The van der Waals surface area contributed by atoms with Gasteiger partial charge in [0.1, 0.15) is 46.9 Å². The lowest BCUT2D eigenvalue weighted by atomic mass is 10.0. The van der Waals surface area contributed by atoms with Crippen LogP contribution in [0.15, 0.2) is 91.0 Å². The molecule has 0 unspecified atom stereocenters. The van der Waals surface area contributed by atoms with Crippen molar-refractivity contribution < 1.29 is 36.6 Å². The fourth-order valence-electron chi connectivity index (χ4n) is 3.20. The fourth-order valence-corrected chi connectivity index (χ4v) is 3.20. The predicted molar refractivity (Wildman–Crippen MR) is 130 cm³/mol. The Hall–Kier alpha value is -5.48. The van der Waals surface area contributed by atoms with Crippen molar-refractivity contribution in [2.75, 3.05) is 0 Å². The Balaban J connectivity index is 1.68. The average molecular weight is 532 g/mol. The first-order valence-electron chi connectivity index (χ1n) is 10.9. The standard InChI is InChI=1S/C29H16F4N2O4/c1-16(14-34)24(30)9-17(2)38-28(36)22-7-3-18(11-26(22)32)10-19-4-8-23(27(33)12-19)29(37)39-21-6-5-20(15-35)25(31)13-21/h3-9,11-13H,1-2,10H2/b24-9+. The summed E-state index contributed by atoms with van der Waals surface area (Å²) in [5, 5.41) is 17.4. The molecule has 0 saturated carbocycles. The molecule has 194 valence electrons. The van der Waals surface area contributed by atoms with Crippen molar-refractivity contribution in [3.63, 3.8) is 0 Å². The van der Waals surface area contributed by atoms with Gasteiger partial charge in [-0.25, -0.2) is 27.2 Å². The molecule has 0 aliphatic rings.